The number of fused-ring (bicyclic) bond motifs is 2. The third-order valence-electron chi connectivity index (χ3n) is 5.42. The molecule has 0 bridgehead atoms. The Kier molecular flexibility index (Phi) is 5.53. The average Bonchev–Trinajstić information content (AvgIpc) is 2.97. The molecule has 0 atom stereocenters. The zero-order chi connectivity index (χ0) is 21.2. The second-order valence-electron chi connectivity index (χ2n) is 7.56. The van der Waals surface area contributed by atoms with Gasteiger partial charge in [-0.25, -0.2) is 14.4 Å². The molecule has 1 fully saturated rings. The number of para-hydroxylation sites is 1. The number of hydrogen-bond donors (Lipinski definition) is 1. The molecule has 31 heavy (non-hydrogen) atoms. The highest BCUT2D eigenvalue weighted by Gasteiger charge is 2.24. The lowest BCUT2D eigenvalue weighted by atomic mass is 10.1. The van der Waals surface area contributed by atoms with Gasteiger partial charge in [0.2, 0.25) is 0 Å². The topological polar surface area (TPSA) is 57.6 Å². The SMILES string of the molecule is O=C(NN1CCCCC1)c1cccc2c1N=C(c1ccc(F)cn1)c1ccccc1S2. The van der Waals surface area contributed by atoms with E-state index in [1.54, 1.807) is 23.9 Å². The summed E-state index contributed by atoms with van der Waals surface area (Å²) < 4.78 is 13.5. The Hall–Kier alpha value is -3.03. The van der Waals surface area contributed by atoms with Crippen LogP contribution < -0.4 is 5.43 Å². The van der Waals surface area contributed by atoms with Gasteiger partial charge in [-0.15, -0.1) is 0 Å². The summed E-state index contributed by atoms with van der Waals surface area (Å²) in [4.78, 5) is 24.3. The molecule has 0 saturated carbocycles. The third-order valence-corrected chi connectivity index (χ3v) is 6.54. The predicted molar refractivity (Wildman–Crippen MR) is 119 cm³/mol. The van der Waals surface area contributed by atoms with E-state index < -0.39 is 5.82 Å². The summed E-state index contributed by atoms with van der Waals surface area (Å²) in [5.74, 6) is -0.567. The van der Waals surface area contributed by atoms with Gasteiger partial charge in [0.1, 0.15) is 5.82 Å². The summed E-state index contributed by atoms with van der Waals surface area (Å²) in [6.45, 7) is 1.71. The molecule has 0 unspecified atom stereocenters. The fourth-order valence-corrected chi connectivity index (χ4v) is 4.92. The molecular weight excluding hydrogens is 411 g/mol. The van der Waals surface area contributed by atoms with Crippen molar-refractivity contribution in [2.24, 2.45) is 4.99 Å². The minimum absolute atomic E-state index is 0.166. The van der Waals surface area contributed by atoms with Crippen LogP contribution >= 0.6 is 11.8 Å². The Morgan fingerprint density at radius 2 is 1.77 bits per heavy atom. The molecule has 5 nitrogen and oxygen atoms in total. The zero-order valence-corrected chi connectivity index (χ0v) is 17.7. The van der Waals surface area contributed by atoms with Gasteiger partial charge in [-0.05, 0) is 43.2 Å². The van der Waals surface area contributed by atoms with Crippen LogP contribution in [0.4, 0.5) is 10.1 Å². The smallest absolute Gasteiger partial charge is 0.267 e. The maximum atomic E-state index is 13.5. The van der Waals surface area contributed by atoms with Gasteiger partial charge >= 0.3 is 0 Å². The van der Waals surface area contributed by atoms with Crippen LogP contribution in [0.5, 0.6) is 0 Å². The lowest BCUT2D eigenvalue weighted by molar-refractivity contribution is 0.0750. The Balaban J connectivity index is 1.61. The van der Waals surface area contributed by atoms with E-state index in [4.69, 9.17) is 4.99 Å². The minimum Gasteiger partial charge on any atom is -0.285 e. The Morgan fingerprint density at radius 3 is 2.58 bits per heavy atom. The van der Waals surface area contributed by atoms with Crippen molar-refractivity contribution in [2.75, 3.05) is 13.1 Å². The van der Waals surface area contributed by atoms with Gasteiger partial charge in [0.05, 0.1) is 28.9 Å². The van der Waals surface area contributed by atoms with Crippen molar-refractivity contribution < 1.29 is 9.18 Å². The third kappa shape index (κ3) is 4.11. The van der Waals surface area contributed by atoms with Crippen molar-refractivity contribution in [3.63, 3.8) is 0 Å². The van der Waals surface area contributed by atoms with E-state index in [1.165, 1.54) is 18.7 Å². The van der Waals surface area contributed by atoms with Gasteiger partial charge in [0, 0.05) is 28.4 Å². The summed E-state index contributed by atoms with van der Waals surface area (Å²) in [7, 11) is 0. The van der Waals surface area contributed by atoms with Gasteiger partial charge in [0.25, 0.3) is 5.91 Å². The van der Waals surface area contributed by atoms with Crippen LogP contribution in [0.25, 0.3) is 0 Å². The number of nitrogens with zero attached hydrogens (tertiary/aromatic N) is 3. The minimum atomic E-state index is -0.400. The van der Waals surface area contributed by atoms with E-state index in [9.17, 15) is 9.18 Å². The van der Waals surface area contributed by atoms with Crippen LogP contribution in [-0.4, -0.2) is 34.7 Å². The molecule has 0 spiro atoms. The molecule has 0 aliphatic carbocycles. The first-order valence-corrected chi connectivity index (χ1v) is 11.2. The monoisotopic (exact) mass is 432 g/mol. The van der Waals surface area contributed by atoms with Gasteiger partial charge in [0.15, 0.2) is 0 Å². The standard InChI is InChI=1S/C24H21FN4OS/c25-16-11-12-19(26-15-16)22-17-7-2-3-9-20(17)31-21-10-6-8-18(23(21)27-22)24(30)28-29-13-4-1-5-14-29/h2-3,6-12,15H,1,4-5,13-14H2,(H,28,30). The number of carbonyl (C=O) groups is 1. The molecule has 3 heterocycles. The normalized spacial score (nSPS) is 16.0. The predicted octanol–water partition coefficient (Wildman–Crippen LogP) is 4.99. The number of nitrogens with one attached hydrogen (secondary N) is 1. The summed E-state index contributed by atoms with van der Waals surface area (Å²) in [5, 5.41) is 1.98. The number of halogens is 1. The largest absolute Gasteiger partial charge is 0.285 e. The molecule has 2 aliphatic rings. The van der Waals surface area contributed by atoms with E-state index >= 15 is 0 Å². The number of aliphatic imine (C=N–C) groups is 1. The first-order valence-electron chi connectivity index (χ1n) is 10.4. The van der Waals surface area contributed by atoms with Crippen LogP contribution in [0, 0.1) is 5.82 Å². The van der Waals surface area contributed by atoms with Crippen molar-refractivity contribution in [2.45, 2.75) is 29.1 Å². The number of piperidine rings is 1. The molecule has 1 aromatic heterocycles. The molecule has 5 rings (SSSR count). The highest BCUT2D eigenvalue weighted by atomic mass is 32.2. The summed E-state index contributed by atoms with van der Waals surface area (Å²) >= 11 is 1.57. The average molecular weight is 433 g/mol. The fourth-order valence-electron chi connectivity index (χ4n) is 3.87. The van der Waals surface area contributed by atoms with Gasteiger partial charge < -0.3 is 0 Å². The highest BCUT2D eigenvalue weighted by Crippen LogP contribution is 2.42. The van der Waals surface area contributed by atoms with Gasteiger partial charge in [-0.3, -0.25) is 15.2 Å². The molecule has 7 heteroatoms. The molecule has 1 amide bonds. The van der Waals surface area contributed by atoms with E-state index in [-0.39, 0.29) is 5.91 Å². The molecule has 1 saturated heterocycles. The molecular formula is C24H21FN4OS. The van der Waals surface area contributed by atoms with Gasteiger partial charge in [-0.2, -0.15) is 0 Å². The maximum absolute atomic E-state index is 13.5. The van der Waals surface area contributed by atoms with Crippen molar-refractivity contribution in [1.29, 1.82) is 0 Å². The first kappa shape index (κ1) is 19.9. The van der Waals surface area contributed by atoms with Crippen LogP contribution in [0.15, 0.2) is 75.6 Å². The van der Waals surface area contributed by atoms with Crippen molar-refractivity contribution in [3.05, 3.63) is 83.4 Å². The fraction of sp³-hybridized carbons (Fsp3) is 0.208. The summed E-state index contributed by atoms with van der Waals surface area (Å²) in [5.41, 5.74) is 6.26. The van der Waals surface area contributed by atoms with E-state index in [0.29, 0.717) is 22.7 Å². The summed E-state index contributed by atoms with van der Waals surface area (Å²) in [6, 6.07) is 16.6. The van der Waals surface area contributed by atoms with Crippen LogP contribution in [0.3, 0.4) is 0 Å². The number of carbonyl (C=O) groups excluding carboxylic acids is 1. The Morgan fingerprint density at radius 1 is 0.968 bits per heavy atom. The molecule has 2 aliphatic heterocycles. The molecule has 0 radical (unpaired) electrons. The quantitative estimate of drug-likeness (QED) is 0.496. The number of pyridine rings is 1. The Labute approximate surface area is 184 Å². The number of benzene rings is 2. The number of amides is 1. The molecule has 156 valence electrons. The first-order chi connectivity index (χ1) is 15.2. The number of hydrogen-bond acceptors (Lipinski definition) is 5. The summed E-state index contributed by atoms with van der Waals surface area (Å²) in [6.07, 6.45) is 4.54. The Bertz CT molecular complexity index is 1160. The van der Waals surface area contributed by atoms with Crippen LogP contribution in [0.1, 0.15) is 40.9 Å². The van der Waals surface area contributed by atoms with Crippen LogP contribution in [-0.2, 0) is 0 Å². The van der Waals surface area contributed by atoms with Crippen molar-refractivity contribution in [1.82, 2.24) is 15.4 Å². The lowest BCUT2D eigenvalue weighted by Gasteiger charge is -2.27. The van der Waals surface area contributed by atoms with E-state index in [1.807, 2.05) is 41.4 Å². The van der Waals surface area contributed by atoms with Gasteiger partial charge in [-0.1, -0.05) is 42.4 Å². The number of hydrazine groups is 1. The second-order valence-corrected chi connectivity index (χ2v) is 8.65. The second kappa shape index (κ2) is 8.61. The maximum Gasteiger partial charge on any atom is 0.267 e. The van der Waals surface area contributed by atoms with E-state index in [2.05, 4.69) is 10.4 Å². The van der Waals surface area contributed by atoms with Crippen molar-refractivity contribution >= 4 is 29.1 Å². The lowest BCUT2D eigenvalue weighted by Crippen LogP contribution is -2.45. The number of aromatic nitrogens is 1. The number of rotatable bonds is 3. The van der Waals surface area contributed by atoms with Crippen molar-refractivity contribution in [3.8, 4) is 0 Å². The molecule has 3 aromatic rings. The molecule has 1 N–H and O–H groups in total. The zero-order valence-electron chi connectivity index (χ0n) is 16.8. The van der Waals surface area contributed by atoms with Crippen LogP contribution in [0.2, 0.25) is 0 Å². The molecule has 2 aromatic carbocycles. The van der Waals surface area contributed by atoms with E-state index in [0.717, 1.165) is 41.3 Å². The highest BCUT2D eigenvalue weighted by molar-refractivity contribution is 7.99.